The maximum absolute atomic E-state index is 11.0. The van der Waals surface area contributed by atoms with Gasteiger partial charge >= 0.3 is 0 Å². The molecule has 0 aliphatic carbocycles. The molecule has 15 heavy (non-hydrogen) atoms. The van der Waals surface area contributed by atoms with E-state index in [2.05, 4.69) is 22.1 Å². The summed E-state index contributed by atoms with van der Waals surface area (Å²) in [5, 5.41) is 3.63. The van der Waals surface area contributed by atoms with Gasteiger partial charge in [-0.25, -0.2) is 0 Å². The van der Waals surface area contributed by atoms with E-state index in [4.69, 9.17) is 4.52 Å². The Morgan fingerprint density at radius 1 is 1.67 bits per heavy atom. The average Bonchev–Trinajstić information content (AvgIpc) is 2.76. The fourth-order valence-corrected chi connectivity index (χ4v) is 1.92. The number of carbonyl (C=O) groups is 1. The summed E-state index contributed by atoms with van der Waals surface area (Å²) in [6, 6.07) is 0. The molecule has 0 saturated carbocycles. The van der Waals surface area contributed by atoms with E-state index in [1.807, 2.05) is 0 Å². The minimum Gasteiger partial charge on any atom is -0.339 e. The lowest BCUT2D eigenvalue weighted by molar-refractivity contribution is 0.100. The number of ketones is 1. The van der Waals surface area contributed by atoms with Crippen LogP contribution >= 0.6 is 0 Å². The molecule has 2 heterocycles. The maximum Gasteiger partial charge on any atom is 0.238 e. The van der Waals surface area contributed by atoms with Gasteiger partial charge in [-0.15, -0.1) is 0 Å². The standard InChI is InChI=1S/C10H15N3O2/c1-7(14)10-11-9(15-12-10)5-8-3-4-13(2)6-8/h8H,3-6H2,1-2H3. The van der Waals surface area contributed by atoms with Crippen LogP contribution < -0.4 is 0 Å². The molecule has 5 nitrogen and oxygen atoms in total. The van der Waals surface area contributed by atoms with Crippen molar-refractivity contribution in [2.45, 2.75) is 19.8 Å². The van der Waals surface area contributed by atoms with Gasteiger partial charge in [0.15, 0.2) is 0 Å². The first kappa shape index (κ1) is 10.3. The van der Waals surface area contributed by atoms with E-state index in [0.29, 0.717) is 11.8 Å². The SMILES string of the molecule is CC(=O)c1noc(CC2CCN(C)C2)n1. The molecular formula is C10H15N3O2. The van der Waals surface area contributed by atoms with Crippen molar-refractivity contribution in [2.75, 3.05) is 20.1 Å². The predicted molar refractivity (Wildman–Crippen MR) is 53.6 cm³/mol. The van der Waals surface area contributed by atoms with Crippen molar-refractivity contribution in [3.8, 4) is 0 Å². The minimum atomic E-state index is -0.145. The van der Waals surface area contributed by atoms with E-state index in [1.54, 1.807) is 0 Å². The Hall–Kier alpha value is -1.23. The van der Waals surface area contributed by atoms with Gasteiger partial charge in [0.25, 0.3) is 0 Å². The van der Waals surface area contributed by atoms with Crippen molar-refractivity contribution in [3.63, 3.8) is 0 Å². The molecule has 1 fully saturated rings. The molecule has 1 unspecified atom stereocenters. The zero-order valence-electron chi connectivity index (χ0n) is 9.06. The number of aromatic nitrogens is 2. The largest absolute Gasteiger partial charge is 0.339 e. The van der Waals surface area contributed by atoms with Crippen LogP contribution in [0.25, 0.3) is 0 Å². The molecule has 1 aromatic rings. The van der Waals surface area contributed by atoms with Crippen molar-refractivity contribution in [1.82, 2.24) is 15.0 Å². The third-order valence-electron chi connectivity index (χ3n) is 2.74. The highest BCUT2D eigenvalue weighted by molar-refractivity contribution is 5.89. The summed E-state index contributed by atoms with van der Waals surface area (Å²) >= 11 is 0. The van der Waals surface area contributed by atoms with Crippen LogP contribution in [0.2, 0.25) is 0 Å². The van der Waals surface area contributed by atoms with Crippen molar-refractivity contribution in [1.29, 1.82) is 0 Å². The first-order chi connectivity index (χ1) is 7.15. The number of hydrogen-bond acceptors (Lipinski definition) is 5. The van der Waals surface area contributed by atoms with Gasteiger partial charge in [0, 0.05) is 19.9 Å². The molecule has 1 aromatic heterocycles. The summed E-state index contributed by atoms with van der Waals surface area (Å²) in [7, 11) is 2.11. The monoisotopic (exact) mass is 209 g/mol. The molecule has 1 aliphatic heterocycles. The van der Waals surface area contributed by atoms with E-state index in [-0.39, 0.29) is 11.6 Å². The Morgan fingerprint density at radius 3 is 3.00 bits per heavy atom. The van der Waals surface area contributed by atoms with Crippen molar-refractivity contribution < 1.29 is 9.32 Å². The second kappa shape index (κ2) is 4.10. The van der Waals surface area contributed by atoms with Gasteiger partial charge < -0.3 is 9.42 Å². The number of Topliss-reactive ketones (excluding diaryl/α,β-unsaturated/α-hetero) is 1. The predicted octanol–water partition coefficient (Wildman–Crippen LogP) is 0.766. The lowest BCUT2D eigenvalue weighted by Gasteiger charge is -2.06. The number of likely N-dealkylation sites (tertiary alicyclic amines) is 1. The minimum absolute atomic E-state index is 0.145. The normalized spacial score (nSPS) is 22.1. The molecule has 1 atom stereocenters. The average molecular weight is 209 g/mol. The summed E-state index contributed by atoms with van der Waals surface area (Å²) in [4.78, 5) is 17.3. The van der Waals surface area contributed by atoms with Crippen LogP contribution in [0.4, 0.5) is 0 Å². The smallest absolute Gasteiger partial charge is 0.238 e. The Labute approximate surface area is 88.5 Å². The first-order valence-electron chi connectivity index (χ1n) is 5.17. The molecule has 1 saturated heterocycles. The molecule has 2 rings (SSSR count). The van der Waals surface area contributed by atoms with Gasteiger partial charge in [-0.3, -0.25) is 4.79 Å². The van der Waals surface area contributed by atoms with Gasteiger partial charge in [0.1, 0.15) is 0 Å². The van der Waals surface area contributed by atoms with Gasteiger partial charge in [0.05, 0.1) is 0 Å². The van der Waals surface area contributed by atoms with E-state index >= 15 is 0 Å². The fourth-order valence-electron chi connectivity index (χ4n) is 1.92. The van der Waals surface area contributed by atoms with Crippen molar-refractivity contribution in [2.24, 2.45) is 5.92 Å². The third-order valence-corrected chi connectivity index (χ3v) is 2.74. The zero-order chi connectivity index (χ0) is 10.8. The summed E-state index contributed by atoms with van der Waals surface area (Å²) in [5.74, 6) is 1.21. The van der Waals surface area contributed by atoms with Crippen LogP contribution in [-0.4, -0.2) is 41.0 Å². The van der Waals surface area contributed by atoms with Crippen LogP contribution in [0.3, 0.4) is 0 Å². The van der Waals surface area contributed by atoms with E-state index < -0.39 is 0 Å². The molecular weight excluding hydrogens is 194 g/mol. The molecule has 0 N–H and O–H groups in total. The van der Waals surface area contributed by atoms with Crippen LogP contribution in [-0.2, 0) is 6.42 Å². The summed E-state index contributed by atoms with van der Waals surface area (Å²) < 4.78 is 5.02. The lowest BCUT2D eigenvalue weighted by Crippen LogP contribution is -2.15. The quantitative estimate of drug-likeness (QED) is 0.688. The van der Waals surface area contributed by atoms with E-state index in [1.165, 1.54) is 6.92 Å². The van der Waals surface area contributed by atoms with Gasteiger partial charge in [-0.2, -0.15) is 4.98 Å². The van der Waals surface area contributed by atoms with Crippen molar-refractivity contribution in [3.05, 3.63) is 11.7 Å². The molecule has 82 valence electrons. The van der Waals surface area contributed by atoms with Crippen molar-refractivity contribution >= 4 is 5.78 Å². The highest BCUT2D eigenvalue weighted by Crippen LogP contribution is 2.18. The van der Waals surface area contributed by atoms with Crippen LogP contribution in [0.5, 0.6) is 0 Å². The summed E-state index contributed by atoms with van der Waals surface area (Å²) in [6.45, 7) is 3.63. The number of rotatable bonds is 3. The Bertz CT molecular complexity index is 361. The highest BCUT2D eigenvalue weighted by atomic mass is 16.5. The molecule has 5 heteroatoms. The summed E-state index contributed by atoms with van der Waals surface area (Å²) in [6.07, 6.45) is 1.94. The third kappa shape index (κ3) is 2.41. The molecule has 0 aromatic carbocycles. The molecule has 0 amide bonds. The number of hydrogen-bond donors (Lipinski definition) is 0. The second-order valence-corrected chi connectivity index (χ2v) is 4.19. The zero-order valence-corrected chi connectivity index (χ0v) is 9.06. The summed E-state index contributed by atoms with van der Waals surface area (Å²) in [5.41, 5.74) is 0. The molecule has 0 bridgehead atoms. The van der Waals surface area contributed by atoms with Crippen LogP contribution in [0.1, 0.15) is 29.9 Å². The second-order valence-electron chi connectivity index (χ2n) is 4.19. The van der Waals surface area contributed by atoms with E-state index in [9.17, 15) is 4.79 Å². The van der Waals surface area contributed by atoms with E-state index in [0.717, 1.165) is 25.9 Å². The first-order valence-corrected chi connectivity index (χ1v) is 5.17. The maximum atomic E-state index is 11.0. The number of nitrogens with zero attached hydrogens (tertiary/aromatic N) is 3. The highest BCUT2D eigenvalue weighted by Gasteiger charge is 2.22. The molecule has 1 aliphatic rings. The Balaban J connectivity index is 1.96. The Morgan fingerprint density at radius 2 is 2.47 bits per heavy atom. The topological polar surface area (TPSA) is 59.2 Å². The molecule has 0 spiro atoms. The molecule has 0 radical (unpaired) electrons. The van der Waals surface area contributed by atoms with Crippen LogP contribution in [0.15, 0.2) is 4.52 Å². The lowest BCUT2D eigenvalue weighted by atomic mass is 10.1. The Kier molecular flexibility index (Phi) is 2.81. The van der Waals surface area contributed by atoms with Crippen LogP contribution in [0, 0.1) is 5.92 Å². The number of carbonyl (C=O) groups excluding carboxylic acids is 1. The van der Waals surface area contributed by atoms with Gasteiger partial charge in [0.2, 0.25) is 17.5 Å². The van der Waals surface area contributed by atoms with Gasteiger partial charge in [-0.05, 0) is 25.9 Å². The van der Waals surface area contributed by atoms with Gasteiger partial charge in [-0.1, -0.05) is 5.16 Å². The fraction of sp³-hybridized carbons (Fsp3) is 0.700.